The van der Waals surface area contributed by atoms with E-state index in [1.54, 1.807) is 11.8 Å². The normalized spacial score (nSPS) is 12.4. The van der Waals surface area contributed by atoms with Crippen LogP contribution in [0.4, 0.5) is 4.39 Å². The Labute approximate surface area is 118 Å². The average molecular weight is 275 g/mol. The minimum atomic E-state index is -0.229. The zero-order valence-corrected chi connectivity index (χ0v) is 12.0. The second-order valence-electron chi connectivity index (χ2n) is 4.69. The van der Waals surface area contributed by atoms with E-state index in [4.69, 9.17) is 5.73 Å². The fraction of sp³-hybridized carbons (Fsp3) is 0.250. The molecule has 100 valence electrons. The van der Waals surface area contributed by atoms with Crippen LogP contribution in [0.3, 0.4) is 0 Å². The molecule has 1 nitrogen and oxygen atoms in total. The van der Waals surface area contributed by atoms with Crippen molar-refractivity contribution in [1.82, 2.24) is 0 Å². The zero-order valence-electron chi connectivity index (χ0n) is 11.2. The molecule has 0 spiro atoms. The van der Waals surface area contributed by atoms with Crippen molar-refractivity contribution >= 4 is 11.8 Å². The van der Waals surface area contributed by atoms with Gasteiger partial charge >= 0.3 is 0 Å². The molecule has 2 N–H and O–H groups in total. The molecule has 0 bridgehead atoms. The highest BCUT2D eigenvalue weighted by atomic mass is 32.2. The van der Waals surface area contributed by atoms with Crippen molar-refractivity contribution in [2.75, 3.05) is 0 Å². The van der Waals surface area contributed by atoms with Gasteiger partial charge in [-0.1, -0.05) is 24.3 Å². The standard InChI is InChI=1S/C16H18FNS/c1-11-5-3-4-6-13(11)10-19-16-8-7-14(17)9-15(16)12(2)18/h3-9,12H,10,18H2,1-2H3/t12-/m1/s1. The van der Waals surface area contributed by atoms with Crippen molar-refractivity contribution < 1.29 is 4.39 Å². The molecule has 0 radical (unpaired) electrons. The van der Waals surface area contributed by atoms with Gasteiger partial charge in [-0.3, -0.25) is 0 Å². The molecule has 0 aliphatic heterocycles. The van der Waals surface area contributed by atoms with E-state index in [1.807, 2.05) is 25.1 Å². The molecule has 0 amide bonds. The maximum atomic E-state index is 13.3. The summed E-state index contributed by atoms with van der Waals surface area (Å²) in [5.74, 6) is 0.644. The van der Waals surface area contributed by atoms with Gasteiger partial charge in [0.2, 0.25) is 0 Å². The summed E-state index contributed by atoms with van der Waals surface area (Å²) in [6.45, 7) is 3.99. The largest absolute Gasteiger partial charge is 0.324 e. The molecule has 2 rings (SSSR count). The number of hydrogen-bond donors (Lipinski definition) is 1. The van der Waals surface area contributed by atoms with Crippen molar-refractivity contribution in [3.63, 3.8) is 0 Å². The molecule has 2 aromatic rings. The molecule has 0 aliphatic carbocycles. The van der Waals surface area contributed by atoms with E-state index in [1.165, 1.54) is 23.3 Å². The quantitative estimate of drug-likeness (QED) is 0.834. The van der Waals surface area contributed by atoms with Crippen molar-refractivity contribution in [2.45, 2.75) is 30.5 Å². The molecule has 0 fully saturated rings. The minimum Gasteiger partial charge on any atom is -0.324 e. The highest BCUT2D eigenvalue weighted by Gasteiger charge is 2.09. The van der Waals surface area contributed by atoms with E-state index in [0.29, 0.717) is 0 Å². The van der Waals surface area contributed by atoms with E-state index >= 15 is 0 Å². The first-order valence-electron chi connectivity index (χ1n) is 6.30. The molecule has 19 heavy (non-hydrogen) atoms. The fourth-order valence-corrected chi connectivity index (χ4v) is 3.14. The van der Waals surface area contributed by atoms with Gasteiger partial charge in [0.05, 0.1) is 0 Å². The van der Waals surface area contributed by atoms with Crippen molar-refractivity contribution in [3.05, 3.63) is 65.0 Å². The molecule has 0 saturated carbocycles. The van der Waals surface area contributed by atoms with E-state index < -0.39 is 0 Å². The first kappa shape index (κ1) is 14.1. The minimum absolute atomic E-state index is 0.157. The summed E-state index contributed by atoms with van der Waals surface area (Å²) in [6.07, 6.45) is 0. The molecule has 1 atom stereocenters. The summed E-state index contributed by atoms with van der Waals surface area (Å²) in [5.41, 5.74) is 9.35. The molecule has 0 saturated heterocycles. The smallest absolute Gasteiger partial charge is 0.123 e. The Morgan fingerprint density at radius 3 is 2.63 bits per heavy atom. The van der Waals surface area contributed by atoms with Crippen molar-refractivity contribution in [1.29, 1.82) is 0 Å². The average Bonchev–Trinajstić information content (AvgIpc) is 2.38. The molecule has 3 heteroatoms. The first-order valence-corrected chi connectivity index (χ1v) is 7.29. The summed E-state index contributed by atoms with van der Waals surface area (Å²) in [5, 5.41) is 0. The van der Waals surface area contributed by atoms with Crippen molar-refractivity contribution in [3.8, 4) is 0 Å². The lowest BCUT2D eigenvalue weighted by molar-refractivity contribution is 0.619. The van der Waals surface area contributed by atoms with Crippen LogP contribution in [-0.4, -0.2) is 0 Å². The Morgan fingerprint density at radius 1 is 1.21 bits per heavy atom. The number of thioether (sulfide) groups is 1. The van der Waals surface area contributed by atoms with Crippen LogP contribution in [0.5, 0.6) is 0 Å². The lowest BCUT2D eigenvalue weighted by Gasteiger charge is -2.13. The number of halogens is 1. The van der Waals surface area contributed by atoms with Crippen LogP contribution in [0.1, 0.15) is 29.7 Å². The lowest BCUT2D eigenvalue weighted by Crippen LogP contribution is -2.07. The second-order valence-corrected chi connectivity index (χ2v) is 5.70. The Balaban J connectivity index is 2.18. The number of nitrogens with two attached hydrogens (primary N) is 1. The number of benzene rings is 2. The zero-order chi connectivity index (χ0) is 13.8. The number of aryl methyl sites for hydroxylation is 1. The van der Waals surface area contributed by atoms with E-state index in [0.717, 1.165) is 16.2 Å². The number of rotatable bonds is 4. The van der Waals surface area contributed by atoms with Gasteiger partial charge in [0.1, 0.15) is 5.82 Å². The van der Waals surface area contributed by atoms with Crippen LogP contribution < -0.4 is 5.73 Å². The third-order valence-corrected chi connectivity index (χ3v) is 4.24. The second kappa shape index (κ2) is 6.22. The van der Waals surface area contributed by atoms with Crippen LogP contribution in [-0.2, 0) is 5.75 Å². The maximum Gasteiger partial charge on any atom is 0.123 e. The Hall–Kier alpha value is -1.32. The van der Waals surface area contributed by atoms with Crippen LogP contribution >= 0.6 is 11.8 Å². The van der Waals surface area contributed by atoms with Crippen LogP contribution in [0.15, 0.2) is 47.4 Å². The maximum absolute atomic E-state index is 13.3. The first-order chi connectivity index (χ1) is 9.08. The highest BCUT2D eigenvalue weighted by molar-refractivity contribution is 7.98. The predicted molar refractivity (Wildman–Crippen MR) is 79.7 cm³/mol. The van der Waals surface area contributed by atoms with Crippen molar-refractivity contribution in [2.24, 2.45) is 5.73 Å². The van der Waals surface area contributed by atoms with Gasteiger partial charge in [-0.15, -0.1) is 11.8 Å². The molecular weight excluding hydrogens is 257 g/mol. The highest BCUT2D eigenvalue weighted by Crippen LogP contribution is 2.30. The molecule has 0 aromatic heterocycles. The van der Waals surface area contributed by atoms with E-state index in [-0.39, 0.29) is 11.9 Å². The summed E-state index contributed by atoms with van der Waals surface area (Å²) in [7, 11) is 0. The van der Waals surface area contributed by atoms with Gasteiger partial charge in [0.15, 0.2) is 0 Å². The molecule has 2 aromatic carbocycles. The van der Waals surface area contributed by atoms with Gasteiger partial charge in [0.25, 0.3) is 0 Å². The van der Waals surface area contributed by atoms with Gasteiger partial charge < -0.3 is 5.73 Å². The molecule has 0 unspecified atom stereocenters. The Kier molecular flexibility index (Phi) is 4.61. The summed E-state index contributed by atoms with van der Waals surface area (Å²) in [4.78, 5) is 1.06. The van der Waals surface area contributed by atoms with Gasteiger partial charge in [-0.2, -0.15) is 0 Å². The molecule has 0 heterocycles. The molecular formula is C16H18FNS. The van der Waals surface area contributed by atoms with Gasteiger partial charge in [-0.25, -0.2) is 4.39 Å². The fourth-order valence-electron chi connectivity index (χ4n) is 1.93. The topological polar surface area (TPSA) is 26.0 Å². The third kappa shape index (κ3) is 3.58. The SMILES string of the molecule is Cc1ccccc1CSc1ccc(F)cc1[C@@H](C)N. The Morgan fingerprint density at radius 2 is 1.95 bits per heavy atom. The summed E-state index contributed by atoms with van der Waals surface area (Å²) < 4.78 is 13.3. The monoisotopic (exact) mass is 275 g/mol. The lowest BCUT2D eigenvalue weighted by atomic mass is 10.1. The van der Waals surface area contributed by atoms with Crippen LogP contribution in [0, 0.1) is 12.7 Å². The third-order valence-electron chi connectivity index (χ3n) is 3.11. The van der Waals surface area contributed by atoms with E-state index in [2.05, 4.69) is 19.1 Å². The van der Waals surface area contributed by atoms with Gasteiger partial charge in [0, 0.05) is 16.7 Å². The van der Waals surface area contributed by atoms with Gasteiger partial charge in [-0.05, 0) is 48.7 Å². The predicted octanol–water partition coefficient (Wildman–Crippen LogP) is 4.45. The molecule has 0 aliphatic rings. The van der Waals surface area contributed by atoms with E-state index in [9.17, 15) is 4.39 Å². The Bertz CT molecular complexity index is 566. The summed E-state index contributed by atoms with van der Waals surface area (Å²) >= 11 is 1.70. The van der Waals surface area contributed by atoms with Crippen LogP contribution in [0.2, 0.25) is 0 Å². The summed E-state index contributed by atoms with van der Waals surface area (Å²) in [6, 6.07) is 13.0. The number of hydrogen-bond acceptors (Lipinski definition) is 2. The van der Waals surface area contributed by atoms with Crippen LogP contribution in [0.25, 0.3) is 0 Å².